The van der Waals surface area contributed by atoms with Crippen LogP contribution in [0.2, 0.25) is 0 Å². The third kappa shape index (κ3) is 3.61. The summed E-state index contributed by atoms with van der Waals surface area (Å²) < 4.78 is 6.26. The minimum atomic E-state index is 0.596. The zero-order chi connectivity index (χ0) is 12.1. The van der Waals surface area contributed by atoms with Gasteiger partial charge >= 0.3 is 0 Å². The number of ether oxygens (including phenoxy) is 1. The molecular formula is C13H19BrN2O. The Morgan fingerprint density at radius 3 is 3.06 bits per heavy atom. The topological polar surface area (TPSA) is 33.3 Å². The van der Waals surface area contributed by atoms with E-state index in [9.17, 15) is 0 Å². The van der Waals surface area contributed by atoms with Crippen molar-refractivity contribution < 1.29 is 4.74 Å². The predicted octanol–water partition coefficient (Wildman–Crippen LogP) is 3.01. The van der Waals surface area contributed by atoms with Crippen molar-refractivity contribution in [3.05, 3.63) is 22.7 Å². The summed E-state index contributed by atoms with van der Waals surface area (Å²) in [5, 5.41) is 6.98. The lowest BCUT2D eigenvalue weighted by molar-refractivity contribution is 0.410. The molecule has 0 aromatic heterocycles. The van der Waals surface area contributed by atoms with E-state index in [1.54, 1.807) is 7.11 Å². The van der Waals surface area contributed by atoms with Crippen molar-refractivity contribution in [3.8, 4) is 5.75 Å². The molecule has 0 radical (unpaired) electrons. The van der Waals surface area contributed by atoms with Crippen molar-refractivity contribution in [1.82, 2.24) is 5.32 Å². The monoisotopic (exact) mass is 298 g/mol. The van der Waals surface area contributed by atoms with Crippen molar-refractivity contribution >= 4 is 21.6 Å². The molecule has 2 rings (SSSR count). The molecule has 1 atom stereocenters. The molecule has 0 saturated carbocycles. The average Bonchev–Trinajstić information content (AvgIpc) is 2.39. The molecule has 3 nitrogen and oxygen atoms in total. The van der Waals surface area contributed by atoms with E-state index in [0.717, 1.165) is 29.0 Å². The fourth-order valence-corrected chi connectivity index (χ4v) is 2.52. The summed E-state index contributed by atoms with van der Waals surface area (Å²) in [7, 11) is 1.69. The second-order valence-electron chi connectivity index (χ2n) is 4.38. The van der Waals surface area contributed by atoms with Crippen LogP contribution in [0.5, 0.6) is 5.75 Å². The highest BCUT2D eigenvalue weighted by atomic mass is 79.9. The Morgan fingerprint density at radius 2 is 2.35 bits per heavy atom. The van der Waals surface area contributed by atoms with Gasteiger partial charge in [0.25, 0.3) is 0 Å². The van der Waals surface area contributed by atoms with Crippen LogP contribution in [0.3, 0.4) is 0 Å². The minimum absolute atomic E-state index is 0.596. The Morgan fingerprint density at radius 1 is 1.47 bits per heavy atom. The molecular weight excluding hydrogens is 280 g/mol. The van der Waals surface area contributed by atoms with Gasteiger partial charge in [0, 0.05) is 24.3 Å². The van der Waals surface area contributed by atoms with Crippen molar-refractivity contribution in [2.24, 2.45) is 0 Å². The summed E-state index contributed by atoms with van der Waals surface area (Å²) in [6.45, 7) is 2.13. The molecule has 1 aliphatic rings. The summed E-state index contributed by atoms with van der Waals surface area (Å²) in [5.41, 5.74) is 1.11. The van der Waals surface area contributed by atoms with Gasteiger partial charge < -0.3 is 15.4 Å². The van der Waals surface area contributed by atoms with Crippen LogP contribution in [0.4, 0.5) is 5.69 Å². The van der Waals surface area contributed by atoms with Crippen LogP contribution in [0, 0.1) is 0 Å². The van der Waals surface area contributed by atoms with Gasteiger partial charge in [-0.25, -0.2) is 0 Å². The highest BCUT2D eigenvalue weighted by molar-refractivity contribution is 9.10. The highest BCUT2D eigenvalue weighted by Crippen LogP contribution is 2.27. The van der Waals surface area contributed by atoms with Crippen molar-refractivity contribution in [3.63, 3.8) is 0 Å². The summed E-state index contributed by atoms with van der Waals surface area (Å²) >= 11 is 3.45. The van der Waals surface area contributed by atoms with Crippen molar-refractivity contribution in [1.29, 1.82) is 0 Å². The first-order chi connectivity index (χ1) is 8.29. The number of piperidine rings is 1. The predicted molar refractivity (Wildman–Crippen MR) is 74.8 cm³/mol. The number of hydrogen-bond acceptors (Lipinski definition) is 3. The van der Waals surface area contributed by atoms with Gasteiger partial charge in [-0.1, -0.05) is 6.42 Å². The van der Waals surface area contributed by atoms with E-state index in [1.807, 2.05) is 12.1 Å². The molecule has 0 aliphatic carbocycles. The number of halogens is 1. The number of benzene rings is 1. The normalized spacial score (nSPS) is 20.0. The molecule has 1 heterocycles. The smallest absolute Gasteiger partial charge is 0.135 e. The Balaban J connectivity index is 1.89. The fourth-order valence-electron chi connectivity index (χ4n) is 2.11. The third-order valence-electron chi connectivity index (χ3n) is 3.12. The van der Waals surface area contributed by atoms with E-state index < -0.39 is 0 Å². The molecule has 17 heavy (non-hydrogen) atoms. The van der Waals surface area contributed by atoms with Crippen LogP contribution in [0.15, 0.2) is 22.7 Å². The summed E-state index contributed by atoms with van der Waals surface area (Å²) in [5.74, 6) is 0.867. The minimum Gasteiger partial charge on any atom is -0.495 e. The van der Waals surface area contributed by atoms with E-state index in [0.29, 0.717) is 6.04 Å². The van der Waals surface area contributed by atoms with E-state index in [2.05, 4.69) is 32.6 Å². The number of anilines is 1. The summed E-state index contributed by atoms with van der Waals surface area (Å²) in [6, 6.07) is 6.69. The quantitative estimate of drug-likeness (QED) is 0.896. The van der Waals surface area contributed by atoms with Crippen LogP contribution in [-0.2, 0) is 0 Å². The van der Waals surface area contributed by atoms with Crippen LogP contribution in [-0.4, -0.2) is 26.2 Å². The molecule has 2 N–H and O–H groups in total. The van der Waals surface area contributed by atoms with Gasteiger partial charge in [0.05, 0.1) is 11.6 Å². The molecule has 1 saturated heterocycles. The Bertz CT molecular complexity index is 364. The van der Waals surface area contributed by atoms with Crippen LogP contribution in [0.25, 0.3) is 0 Å². The molecule has 1 aliphatic heterocycles. The maximum absolute atomic E-state index is 5.27. The van der Waals surface area contributed by atoms with Gasteiger partial charge in [-0.15, -0.1) is 0 Å². The molecule has 1 aromatic carbocycles. The second kappa shape index (κ2) is 6.26. The first-order valence-electron chi connectivity index (χ1n) is 6.10. The zero-order valence-corrected chi connectivity index (χ0v) is 11.7. The number of rotatable bonds is 4. The van der Waals surface area contributed by atoms with Gasteiger partial charge in [-0.3, -0.25) is 0 Å². The van der Waals surface area contributed by atoms with Crippen LogP contribution in [0.1, 0.15) is 19.3 Å². The average molecular weight is 299 g/mol. The Hall–Kier alpha value is -0.740. The Kier molecular flexibility index (Phi) is 4.68. The molecule has 4 heteroatoms. The lowest BCUT2D eigenvalue weighted by atomic mass is 10.1. The first kappa shape index (κ1) is 12.7. The Labute approximate surface area is 111 Å². The van der Waals surface area contributed by atoms with Crippen LogP contribution < -0.4 is 15.4 Å². The lowest BCUT2D eigenvalue weighted by Gasteiger charge is -2.24. The number of hydrogen-bond donors (Lipinski definition) is 2. The maximum Gasteiger partial charge on any atom is 0.135 e. The molecule has 0 bridgehead atoms. The molecule has 0 amide bonds. The SMILES string of the molecule is COc1cc(NCC2CCCCN2)ccc1Br. The molecule has 0 spiro atoms. The lowest BCUT2D eigenvalue weighted by Crippen LogP contribution is -2.39. The van der Waals surface area contributed by atoms with E-state index in [-0.39, 0.29) is 0 Å². The van der Waals surface area contributed by atoms with Gasteiger partial charge in [0.1, 0.15) is 5.75 Å². The van der Waals surface area contributed by atoms with Crippen molar-refractivity contribution in [2.45, 2.75) is 25.3 Å². The fraction of sp³-hybridized carbons (Fsp3) is 0.538. The van der Waals surface area contributed by atoms with Crippen molar-refractivity contribution in [2.75, 3.05) is 25.5 Å². The van der Waals surface area contributed by atoms with Gasteiger partial charge in [-0.2, -0.15) is 0 Å². The van der Waals surface area contributed by atoms with Gasteiger partial charge in [0.2, 0.25) is 0 Å². The van der Waals surface area contributed by atoms with Gasteiger partial charge in [-0.05, 0) is 47.4 Å². The van der Waals surface area contributed by atoms with E-state index in [4.69, 9.17) is 4.74 Å². The highest BCUT2D eigenvalue weighted by Gasteiger charge is 2.12. The van der Waals surface area contributed by atoms with Gasteiger partial charge in [0.15, 0.2) is 0 Å². The second-order valence-corrected chi connectivity index (χ2v) is 5.23. The molecule has 1 fully saturated rings. The summed E-state index contributed by atoms with van der Waals surface area (Å²) in [6.07, 6.45) is 3.91. The third-order valence-corrected chi connectivity index (χ3v) is 3.77. The summed E-state index contributed by atoms with van der Waals surface area (Å²) in [4.78, 5) is 0. The number of nitrogens with one attached hydrogen (secondary N) is 2. The molecule has 1 unspecified atom stereocenters. The largest absolute Gasteiger partial charge is 0.495 e. The van der Waals surface area contributed by atoms with E-state index in [1.165, 1.54) is 19.3 Å². The molecule has 1 aromatic rings. The van der Waals surface area contributed by atoms with E-state index >= 15 is 0 Å². The first-order valence-corrected chi connectivity index (χ1v) is 6.89. The zero-order valence-electron chi connectivity index (χ0n) is 10.1. The van der Waals surface area contributed by atoms with Crippen LogP contribution >= 0.6 is 15.9 Å². The standard InChI is InChI=1S/C13H19BrN2O/c1-17-13-8-10(5-6-12(13)14)16-9-11-4-2-3-7-15-11/h5-6,8,11,15-16H,2-4,7,9H2,1H3. The number of methoxy groups -OCH3 is 1. The maximum atomic E-state index is 5.27. The molecule has 94 valence electrons.